The molecule has 0 saturated carbocycles. The molecule has 2 aliphatic carbocycles. The van der Waals surface area contributed by atoms with Crippen LogP contribution in [0.3, 0.4) is 0 Å². The number of hydrogen-bond acceptors (Lipinski definition) is 0. The molecular weight excluding hydrogens is 824 g/mol. The topological polar surface area (TPSA) is 0 Å². The number of halogens is 4. The van der Waals surface area contributed by atoms with Gasteiger partial charge in [-0.1, -0.05) is 121 Å². The van der Waals surface area contributed by atoms with Gasteiger partial charge < -0.3 is 0 Å². The average Bonchev–Trinajstić information content (AvgIpc) is 3.56. The van der Waals surface area contributed by atoms with Crippen molar-refractivity contribution in [1.82, 2.24) is 0 Å². The number of allylic oxidation sites excluding steroid dienone is 4. The van der Waals surface area contributed by atoms with Crippen LogP contribution in [-0.4, -0.2) is 0 Å². The van der Waals surface area contributed by atoms with E-state index in [1.807, 2.05) is 0 Å². The van der Waals surface area contributed by atoms with Crippen LogP contribution in [0.15, 0.2) is 146 Å². The lowest BCUT2D eigenvalue weighted by Gasteiger charge is -2.14. The van der Waals surface area contributed by atoms with Crippen molar-refractivity contribution in [1.29, 1.82) is 0 Å². The average molecular weight is 848 g/mol. The molecule has 0 spiro atoms. The summed E-state index contributed by atoms with van der Waals surface area (Å²) in [7, 11) is 0. The molecule has 0 aliphatic heterocycles. The maximum Gasteiger partial charge on any atom is 0.0339 e. The van der Waals surface area contributed by atoms with Crippen molar-refractivity contribution in [3.05, 3.63) is 190 Å². The summed E-state index contributed by atoms with van der Waals surface area (Å²) in [6.45, 7) is 0. The second-order valence-corrected chi connectivity index (χ2v) is 14.5. The van der Waals surface area contributed by atoms with Crippen molar-refractivity contribution in [2.24, 2.45) is 0 Å². The highest BCUT2D eigenvalue weighted by Crippen LogP contribution is 2.56. The number of fused-ring (bicyclic) bond motifs is 3. The van der Waals surface area contributed by atoms with Crippen LogP contribution >= 0.6 is 63.7 Å². The Balaban J connectivity index is 1.40. The van der Waals surface area contributed by atoms with Crippen LogP contribution in [0.1, 0.15) is 44.5 Å². The van der Waals surface area contributed by atoms with E-state index in [2.05, 4.69) is 209 Å². The summed E-state index contributed by atoms with van der Waals surface area (Å²) < 4.78 is 4.36. The molecule has 0 aromatic heterocycles. The van der Waals surface area contributed by atoms with Gasteiger partial charge in [0.2, 0.25) is 0 Å². The van der Waals surface area contributed by atoms with E-state index in [9.17, 15) is 0 Å². The summed E-state index contributed by atoms with van der Waals surface area (Å²) in [6.07, 6.45) is 0. The fourth-order valence-electron chi connectivity index (χ4n) is 6.55. The smallest absolute Gasteiger partial charge is 0.0339 e. The molecule has 0 amide bonds. The van der Waals surface area contributed by atoms with Gasteiger partial charge >= 0.3 is 0 Å². The minimum absolute atomic E-state index is 1.08. The predicted octanol–water partition coefficient (Wildman–Crippen LogP) is 13.9. The van der Waals surface area contributed by atoms with Gasteiger partial charge in [0.05, 0.1) is 0 Å². The molecule has 46 heavy (non-hydrogen) atoms. The first-order valence-corrected chi connectivity index (χ1v) is 18.1. The Labute approximate surface area is 302 Å². The molecule has 0 atom stereocenters. The highest BCUT2D eigenvalue weighted by molar-refractivity contribution is 9.15. The van der Waals surface area contributed by atoms with Crippen molar-refractivity contribution in [2.45, 2.75) is 0 Å². The first-order chi connectivity index (χ1) is 22.5. The minimum atomic E-state index is 1.08. The van der Waals surface area contributed by atoms with Gasteiger partial charge in [-0.3, -0.25) is 0 Å². The van der Waals surface area contributed by atoms with Gasteiger partial charge in [0, 0.05) is 40.2 Å². The predicted molar refractivity (Wildman–Crippen MR) is 213 cm³/mol. The normalized spacial score (nSPS) is 16.2. The molecule has 0 nitrogen and oxygen atoms in total. The van der Waals surface area contributed by atoms with Gasteiger partial charge in [0.15, 0.2) is 0 Å². The molecule has 8 rings (SSSR count). The quantitative estimate of drug-likeness (QED) is 0.166. The molecule has 0 unspecified atom stereocenters. The van der Waals surface area contributed by atoms with Crippen LogP contribution in [-0.2, 0) is 0 Å². The Hall–Kier alpha value is -3.54. The zero-order chi connectivity index (χ0) is 31.4. The first kappa shape index (κ1) is 29.8. The summed E-state index contributed by atoms with van der Waals surface area (Å²) in [5.74, 6) is 0. The van der Waals surface area contributed by atoms with Crippen molar-refractivity contribution >= 4 is 115 Å². The maximum atomic E-state index is 4.07. The second-order valence-electron chi connectivity index (χ2n) is 11.4. The number of hydrogen-bond donors (Lipinski definition) is 0. The van der Waals surface area contributed by atoms with Gasteiger partial charge in [-0.25, -0.2) is 0 Å². The Morgan fingerprint density at radius 1 is 0.370 bits per heavy atom. The molecule has 0 fully saturated rings. The van der Waals surface area contributed by atoms with E-state index >= 15 is 0 Å². The molecule has 4 heteroatoms. The molecule has 220 valence electrons. The zero-order valence-electron chi connectivity index (χ0n) is 24.4. The molecule has 0 saturated heterocycles. The van der Waals surface area contributed by atoms with Gasteiger partial charge in [-0.05, 0) is 143 Å². The highest BCUT2D eigenvalue weighted by atomic mass is 79.9. The molecule has 0 radical (unpaired) electrons. The summed E-state index contributed by atoms with van der Waals surface area (Å²) in [5.41, 5.74) is 14.2. The van der Waals surface area contributed by atoms with E-state index in [1.54, 1.807) is 0 Å². The lowest BCUT2D eigenvalue weighted by molar-refractivity contribution is 1.60. The third-order valence-corrected chi connectivity index (χ3v) is 12.0. The second kappa shape index (κ2) is 12.2. The zero-order valence-corrected chi connectivity index (χ0v) is 30.7. The van der Waals surface area contributed by atoms with Gasteiger partial charge in [0.1, 0.15) is 0 Å². The Kier molecular flexibility index (Phi) is 7.94. The number of benzene rings is 6. The maximum absolute atomic E-state index is 4.07. The summed E-state index contributed by atoms with van der Waals surface area (Å²) >= 11 is 16.2. The Bertz CT molecular complexity index is 2130. The molecule has 0 heterocycles. The van der Waals surface area contributed by atoms with Crippen LogP contribution in [0.4, 0.5) is 0 Å². The standard InChI is InChI=1S/C42H24Br4/c43-39(27-17-9-3-10-18-27)37-31-21-29-22-32-34(24-30(29)23-33(31)41(45)35(37)25-13-5-1-6-14-25)42(46)36(26-15-7-2-8-16-26)38(32)40(44)28-19-11-4-12-20-28/h1-24H/b39-37-,40-38-. The SMILES string of the molecule is BrC1=C(c2ccccc2)/C(=C(\Br)c2ccccc2)c2cc3cc4c(cc3cc21)C(Br)=C(c1ccccc1)/C4=C(\Br)c1ccccc1. The summed E-state index contributed by atoms with van der Waals surface area (Å²) in [6, 6.07) is 51.8. The van der Waals surface area contributed by atoms with E-state index in [0.717, 1.165) is 29.1 Å². The molecule has 0 N–H and O–H groups in total. The molecule has 6 aromatic carbocycles. The Morgan fingerprint density at radius 2 is 0.674 bits per heavy atom. The minimum Gasteiger partial charge on any atom is -0.0622 e. The first-order valence-electron chi connectivity index (χ1n) is 15.0. The fourth-order valence-corrected chi connectivity index (χ4v) is 9.41. The van der Waals surface area contributed by atoms with Crippen LogP contribution in [0.25, 0.3) is 51.0 Å². The van der Waals surface area contributed by atoms with E-state index in [1.165, 1.54) is 66.4 Å². The van der Waals surface area contributed by atoms with Gasteiger partial charge in [-0.2, -0.15) is 0 Å². The lowest BCUT2D eigenvalue weighted by atomic mass is 9.91. The fraction of sp³-hybridized carbons (Fsp3) is 0. The van der Waals surface area contributed by atoms with E-state index in [-0.39, 0.29) is 0 Å². The van der Waals surface area contributed by atoms with Crippen LogP contribution < -0.4 is 0 Å². The van der Waals surface area contributed by atoms with Crippen LogP contribution in [0.5, 0.6) is 0 Å². The summed E-state index contributed by atoms with van der Waals surface area (Å²) in [5, 5.41) is 2.39. The van der Waals surface area contributed by atoms with E-state index < -0.39 is 0 Å². The molecule has 0 bridgehead atoms. The largest absolute Gasteiger partial charge is 0.0622 e. The van der Waals surface area contributed by atoms with Gasteiger partial charge in [0.25, 0.3) is 0 Å². The van der Waals surface area contributed by atoms with E-state index in [4.69, 9.17) is 0 Å². The highest BCUT2D eigenvalue weighted by Gasteiger charge is 2.32. The van der Waals surface area contributed by atoms with E-state index in [0.29, 0.717) is 0 Å². The van der Waals surface area contributed by atoms with Crippen molar-refractivity contribution in [3.63, 3.8) is 0 Å². The monoisotopic (exact) mass is 844 g/mol. The third kappa shape index (κ3) is 4.98. The Morgan fingerprint density at radius 3 is 1.02 bits per heavy atom. The lowest BCUT2D eigenvalue weighted by Crippen LogP contribution is -1.92. The molecular formula is C42H24Br4. The van der Waals surface area contributed by atoms with Crippen LogP contribution in [0.2, 0.25) is 0 Å². The van der Waals surface area contributed by atoms with Crippen molar-refractivity contribution in [3.8, 4) is 0 Å². The van der Waals surface area contributed by atoms with Gasteiger partial charge in [-0.15, -0.1) is 0 Å². The summed E-state index contributed by atoms with van der Waals surface area (Å²) in [4.78, 5) is 0. The molecule has 2 aliphatic rings. The van der Waals surface area contributed by atoms with Crippen LogP contribution in [0, 0.1) is 0 Å². The van der Waals surface area contributed by atoms with Crippen molar-refractivity contribution < 1.29 is 0 Å². The third-order valence-electron chi connectivity index (χ3n) is 8.68. The number of rotatable bonds is 4. The molecule has 6 aromatic rings. The van der Waals surface area contributed by atoms with Crippen molar-refractivity contribution in [2.75, 3.05) is 0 Å².